The van der Waals surface area contributed by atoms with Crippen LogP contribution in [0, 0.1) is 0 Å². The quantitative estimate of drug-likeness (QED) is 0.568. The van der Waals surface area contributed by atoms with Crippen molar-refractivity contribution >= 4 is 26.8 Å². The molecule has 1 atom stereocenters. The maximum Gasteiger partial charge on any atom is 0.173 e. The van der Waals surface area contributed by atoms with E-state index < -0.39 is 0 Å². The highest BCUT2D eigenvalue weighted by Crippen LogP contribution is 2.28. The predicted molar refractivity (Wildman–Crippen MR) is 81.9 cm³/mol. The number of nitrogens with two attached hydrogens (primary N) is 1. The number of hydrazine groups is 1. The minimum absolute atomic E-state index is 0.0195. The van der Waals surface area contributed by atoms with Crippen LogP contribution in [-0.4, -0.2) is 4.98 Å². The van der Waals surface area contributed by atoms with Gasteiger partial charge in [0.1, 0.15) is 0 Å². The van der Waals surface area contributed by atoms with Gasteiger partial charge in [0.25, 0.3) is 0 Å². The highest BCUT2D eigenvalue weighted by atomic mass is 79.9. The first-order valence-corrected chi connectivity index (χ1v) is 7.10. The van der Waals surface area contributed by atoms with Gasteiger partial charge < -0.3 is 4.42 Å². The number of hydrogen-bond donors (Lipinski definition) is 2. The lowest BCUT2D eigenvalue weighted by Gasteiger charge is -2.16. The highest BCUT2D eigenvalue weighted by molar-refractivity contribution is 9.10. The van der Waals surface area contributed by atoms with Crippen LogP contribution in [0.5, 0.6) is 0 Å². The largest absolute Gasteiger partial charge is 0.457 e. The zero-order valence-electron chi connectivity index (χ0n) is 10.7. The molecule has 0 radical (unpaired) electrons. The summed E-state index contributed by atoms with van der Waals surface area (Å²) < 4.78 is 5.99. The standard InChI is InChI=1S/C15H14BrN3O/c16-15-12(6-8-20-15)14(19-17)9-10-5-7-18-13-4-2-1-3-11(10)13/h1-8,14,19H,9,17H2. The van der Waals surface area contributed by atoms with Crippen molar-refractivity contribution in [3.63, 3.8) is 0 Å². The van der Waals surface area contributed by atoms with Crippen molar-refractivity contribution in [1.29, 1.82) is 0 Å². The summed E-state index contributed by atoms with van der Waals surface area (Å²) in [4.78, 5) is 4.38. The summed E-state index contributed by atoms with van der Waals surface area (Å²) in [6.45, 7) is 0. The van der Waals surface area contributed by atoms with Gasteiger partial charge in [-0.1, -0.05) is 18.2 Å². The molecule has 102 valence electrons. The first kappa shape index (κ1) is 13.3. The molecule has 0 amide bonds. The van der Waals surface area contributed by atoms with Crippen LogP contribution in [0.3, 0.4) is 0 Å². The molecule has 1 aromatic carbocycles. The molecule has 0 aliphatic carbocycles. The molecule has 1 unspecified atom stereocenters. The lowest BCUT2D eigenvalue weighted by Crippen LogP contribution is -2.29. The summed E-state index contributed by atoms with van der Waals surface area (Å²) in [5, 5.41) is 1.15. The van der Waals surface area contributed by atoms with Crippen molar-refractivity contribution in [2.45, 2.75) is 12.5 Å². The molecule has 3 N–H and O–H groups in total. The van der Waals surface area contributed by atoms with Crippen LogP contribution in [-0.2, 0) is 6.42 Å². The van der Waals surface area contributed by atoms with E-state index in [1.165, 1.54) is 5.56 Å². The Labute approximate surface area is 125 Å². The number of fused-ring (bicyclic) bond motifs is 1. The number of nitrogens with one attached hydrogen (secondary N) is 1. The molecule has 0 bridgehead atoms. The number of rotatable bonds is 4. The van der Waals surface area contributed by atoms with E-state index in [2.05, 4.69) is 32.4 Å². The van der Waals surface area contributed by atoms with E-state index in [4.69, 9.17) is 10.3 Å². The maximum absolute atomic E-state index is 5.70. The Morgan fingerprint density at radius 2 is 2.10 bits per heavy atom. The SMILES string of the molecule is NNC(Cc1ccnc2ccccc12)c1ccoc1Br. The summed E-state index contributed by atoms with van der Waals surface area (Å²) in [5.74, 6) is 5.70. The van der Waals surface area contributed by atoms with Gasteiger partial charge in [-0.2, -0.15) is 0 Å². The third kappa shape index (κ3) is 2.47. The predicted octanol–water partition coefficient (Wildman–Crippen LogP) is 3.34. The van der Waals surface area contributed by atoms with Gasteiger partial charge in [0.15, 0.2) is 4.67 Å². The molecule has 5 heteroatoms. The molecule has 4 nitrogen and oxygen atoms in total. The smallest absolute Gasteiger partial charge is 0.173 e. The Morgan fingerprint density at radius 1 is 1.25 bits per heavy atom. The van der Waals surface area contributed by atoms with E-state index in [0.717, 1.165) is 22.9 Å². The van der Waals surface area contributed by atoms with Gasteiger partial charge in [-0.3, -0.25) is 16.3 Å². The highest BCUT2D eigenvalue weighted by Gasteiger charge is 2.17. The molecule has 0 saturated carbocycles. The van der Waals surface area contributed by atoms with Crippen molar-refractivity contribution in [1.82, 2.24) is 10.4 Å². The van der Waals surface area contributed by atoms with E-state index in [9.17, 15) is 0 Å². The number of nitrogens with zero attached hydrogens (tertiary/aromatic N) is 1. The third-order valence-electron chi connectivity index (χ3n) is 3.39. The second kappa shape index (κ2) is 5.75. The van der Waals surface area contributed by atoms with Gasteiger partial charge in [-0.05, 0) is 46.1 Å². The zero-order valence-corrected chi connectivity index (χ0v) is 12.3. The van der Waals surface area contributed by atoms with E-state index in [-0.39, 0.29) is 6.04 Å². The minimum atomic E-state index is -0.0195. The number of furan rings is 1. The lowest BCUT2D eigenvalue weighted by molar-refractivity contribution is 0.507. The van der Waals surface area contributed by atoms with Crippen LogP contribution in [0.25, 0.3) is 10.9 Å². The van der Waals surface area contributed by atoms with Crippen LogP contribution < -0.4 is 11.3 Å². The van der Waals surface area contributed by atoms with Gasteiger partial charge in [-0.25, -0.2) is 0 Å². The molecule has 0 saturated heterocycles. The summed E-state index contributed by atoms with van der Waals surface area (Å²) in [6.07, 6.45) is 4.24. The van der Waals surface area contributed by atoms with Crippen molar-refractivity contribution in [3.05, 3.63) is 64.7 Å². The Kier molecular flexibility index (Phi) is 3.82. The molecule has 2 aromatic heterocycles. The topological polar surface area (TPSA) is 64.1 Å². The molecule has 3 aromatic rings. The molecule has 2 heterocycles. The number of halogens is 1. The second-order valence-corrected chi connectivity index (χ2v) is 5.28. The molecule has 0 fully saturated rings. The summed E-state index contributed by atoms with van der Waals surface area (Å²) in [5.41, 5.74) is 6.05. The molecular formula is C15H14BrN3O. The van der Waals surface area contributed by atoms with Crippen LogP contribution in [0.2, 0.25) is 0 Å². The van der Waals surface area contributed by atoms with Gasteiger partial charge in [-0.15, -0.1) is 0 Å². The number of pyridine rings is 1. The molecule has 0 spiro atoms. The van der Waals surface area contributed by atoms with E-state index >= 15 is 0 Å². The minimum Gasteiger partial charge on any atom is -0.457 e. The van der Waals surface area contributed by atoms with Gasteiger partial charge in [0.05, 0.1) is 17.8 Å². The Bertz CT molecular complexity index is 720. The van der Waals surface area contributed by atoms with E-state index in [1.54, 1.807) is 6.26 Å². The van der Waals surface area contributed by atoms with Gasteiger partial charge in [0.2, 0.25) is 0 Å². The fraction of sp³-hybridized carbons (Fsp3) is 0.133. The van der Waals surface area contributed by atoms with Crippen LogP contribution in [0.1, 0.15) is 17.2 Å². The summed E-state index contributed by atoms with van der Waals surface area (Å²) >= 11 is 3.40. The van der Waals surface area contributed by atoms with E-state index in [1.807, 2.05) is 36.5 Å². The van der Waals surface area contributed by atoms with Crippen molar-refractivity contribution in [2.24, 2.45) is 5.84 Å². The monoisotopic (exact) mass is 331 g/mol. The number of para-hydroxylation sites is 1. The fourth-order valence-electron chi connectivity index (χ4n) is 2.37. The Hall–Kier alpha value is -1.69. The second-order valence-electron chi connectivity index (χ2n) is 4.56. The number of hydrogen-bond acceptors (Lipinski definition) is 4. The summed E-state index contributed by atoms with van der Waals surface area (Å²) in [7, 11) is 0. The summed E-state index contributed by atoms with van der Waals surface area (Å²) in [6, 6.07) is 12.0. The number of benzene rings is 1. The van der Waals surface area contributed by atoms with Crippen LogP contribution >= 0.6 is 15.9 Å². The Morgan fingerprint density at radius 3 is 2.85 bits per heavy atom. The fourth-order valence-corrected chi connectivity index (χ4v) is 2.88. The third-order valence-corrected chi connectivity index (χ3v) is 4.03. The molecule has 20 heavy (non-hydrogen) atoms. The zero-order chi connectivity index (χ0) is 13.9. The van der Waals surface area contributed by atoms with Crippen molar-refractivity contribution in [2.75, 3.05) is 0 Å². The maximum atomic E-state index is 5.70. The normalized spacial score (nSPS) is 12.7. The first-order valence-electron chi connectivity index (χ1n) is 6.31. The van der Waals surface area contributed by atoms with Crippen molar-refractivity contribution < 1.29 is 4.42 Å². The van der Waals surface area contributed by atoms with Crippen molar-refractivity contribution in [3.8, 4) is 0 Å². The van der Waals surface area contributed by atoms with E-state index in [0.29, 0.717) is 4.67 Å². The van der Waals surface area contributed by atoms with Crippen LogP contribution in [0.4, 0.5) is 0 Å². The van der Waals surface area contributed by atoms with Crippen LogP contribution in [0.15, 0.2) is 57.9 Å². The molecule has 0 aliphatic heterocycles. The lowest BCUT2D eigenvalue weighted by atomic mass is 9.99. The Balaban J connectivity index is 1.98. The van der Waals surface area contributed by atoms with Gasteiger partial charge >= 0.3 is 0 Å². The molecular weight excluding hydrogens is 318 g/mol. The average molecular weight is 332 g/mol. The number of aromatic nitrogens is 1. The average Bonchev–Trinajstić information content (AvgIpc) is 2.91. The van der Waals surface area contributed by atoms with Gasteiger partial charge in [0, 0.05) is 17.1 Å². The molecule has 0 aliphatic rings. The first-order chi connectivity index (χ1) is 9.79. The molecule has 3 rings (SSSR count).